The zero-order chi connectivity index (χ0) is 14.0. The van der Waals surface area contributed by atoms with E-state index < -0.39 is 11.9 Å². The second kappa shape index (κ2) is 5.72. The zero-order valence-corrected chi connectivity index (χ0v) is 11.7. The van der Waals surface area contributed by atoms with Crippen LogP contribution >= 0.6 is 11.6 Å². The van der Waals surface area contributed by atoms with E-state index in [-0.39, 0.29) is 5.02 Å². The minimum absolute atomic E-state index is 0.285. The van der Waals surface area contributed by atoms with Crippen LogP contribution in [0.25, 0.3) is 0 Å². The molecule has 0 aliphatic rings. The number of rotatable bonds is 3. The number of benzene rings is 2. The van der Waals surface area contributed by atoms with E-state index in [4.69, 9.17) is 11.6 Å². The Hall–Kier alpha value is -1.38. The van der Waals surface area contributed by atoms with E-state index in [1.807, 2.05) is 24.3 Å². The Bertz CT molecular complexity index is 543. The molecule has 0 aliphatic heterocycles. The molecule has 0 spiro atoms. The van der Waals surface area contributed by atoms with E-state index in [0.29, 0.717) is 11.5 Å². The van der Waals surface area contributed by atoms with Crippen molar-refractivity contribution < 1.29 is 9.50 Å². The fourth-order valence-electron chi connectivity index (χ4n) is 1.99. The summed E-state index contributed by atoms with van der Waals surface area (Å²) in [5, 5.41) is 10.5. The Morgan fingerprint density at radius 2 is 1.53 bits per heavy atom. The molecule has 0 saturated carbocycles. The molecule has 3 heteroatoms. The van der Waals surface area contributed by atoms with Crippen molar-refractivity contribution in [2.24, 2.45) is 0 Å². The van der Waals surface area contributed by atoms with Crippen LogP contribution in [0.1, 0.15) is 42.6 Å². The maximum Gasteiger partial charge on any atom is 0.125 e. The van der Waals surface area contributed by atoms with E-state index in [2.05, 4.69) is 13.8 Å². The van der Waals surface area contributed by atoms with Gasteiger partial charge in [0.25, 0.3) is 0 Å². The van der Waals surface area contributed by atoms with Gasteiger partial charge in [0.2, 0.25) is 0 Å². The van der Waals surface area contributed by atoms with Gasteiger partial charge in [-0.1, -0.05) is 49.7 Å². The Morgan fingerprint density at radius 1 is 0.947 bits per heavy atom. The molecule has 0 fully saturated rings. The molecule has 0 aliphatic carbocycles. The van der Waals surface area contributed by atoms with Crippen molar-refractivity contribution in [2.45, 2.75) is 25.9 Å². The van der Waals surface area contributed by atoms with Crippen LogP contribution in [-0.4, -0.2) is 5.11 Å². The molecule has 0 heterocycles. The summed E-state index contributed by atoms with van der Waals surface area (Å²) in [6, 6.07) is 11.8. The average molecular weight is 279 g/mol. The minimum atomic E-state index is -0.866. The molecule has 2 aromatic carbocycles. The van der Waals surface area contributed by atoms with Gasteiger partial charge in [0.1, 0.15) is 11.9 Å². The van der Waals surface area contributed by atoms with Crippen molar-refractivity contribution in [3.05, 3.63) is 70.0 Å². The van der Waals surface area contributed by atoms with Crippen LogP contribution in [-0.2, 0) is 0 Å². The largest absolute Gasteiger partial charge is 0.384 e. The van der Waals surface area contributed by atoms with Gasteiger partial charge >= 0.3 is 0 Å². The molecule has 1 N–H and O–H groups in total. The van der Waals surface area contributed by atoms with Crippen LogP contribution in [0.2, 0.25) is 5.02 Å². The molecule has 0 amide bonds. The van der Waals surface area contributed by atoms with Gasteiger partial charge in [-0.3, -0.25) is 0 Å². The normalized spacial score (nSPS) is 12.7. The van der Waals surface area contributed by atoms with Crippen LogP contribution < -0.4 is 0 Å². The fraction of sp³-hybridized carbons (Fsp3) is 0.250. The second-order valence-corrected chi connectivity index (χ2v) is 5.36. The van der Waals surface area contributed by atoms with Crippen molar-refractivity contribution in [3.8, 4) is 0 Å². The Morgan fingerprint density at radius 3 is 2.05 bits per heavy atom. The smallest absolute Gasteiger partial charge is 0.125 e. The Balaban J connectivity index is 2.30. The number of hydrogen-bond acceptors (Lipinski definition) is 1. The molecule has 1 atom stereocenters. The lowest BCUT2D eigenvalue weighted by Crippen LogP contribution is -2.01. The van der Waals surface area contributed by atoms with Gasteiger partial charge in [-0.05, 0) is 40.8 Å². The Kier molecular flexibility index (Phi) is 4.23. The standard InChI is InChI=1S/C16H16ClFO/c1-10(2)11-3-5-12(6-4-11)16(19)13-7-14(17)9-15(18)8-13/h3-10,16,19H,1-2H3. The molecule has 0 saturated heterocycles. The number of aliphatic hydroxyl groups excluding tert-OH is 1. The van der Waals surface area contributed by atoms with Crippen LogP contribution in [0.4, 0.5) is 4.39 Å². The lowest BCUT2D eigenvalue weighted by atomic mass is 9.97. The number of aliphatic hydroxyl groups is 1. The molecule has 1 nitrogen and oxygen atoms in total. The third kappa shape index (κ3) is 3.34. The van der Waals surface area contributed by atoms with Gasteiger partial charge in [-0.25, -0.2) is 4.39 Å². The van der Waals surface area contributed by atoms with Crippen molar-refractivity contribution in [1.82, 2.24) is 0 Å². The van der Waals surface area contributed by atoms with Gasteiger partial charge in [0.05, 0.1) is 0 Å². The summed E-state index contributed by atoms with van der Waals surface area (Å²) in [6.45, 7) is 4.22. The summed E-state index contributed by atoms with van der Waals surface area (Å²) in [5.74, 6) is -0.00448. The van der Waals surface area contributed by atoms with Gasteiger partial charge in [0.15, 0.2) is 0 Å². The third-order valence-corrected chi connectivity index (χ3v) is 3.34. The molecule has 0 radical (unpaired) electrons. The summed E-state index contributed by atoms with van der Waals surface area (Å²) in [4.78, 5) is 0. The summed E-state index contributed by atoms with van der Waals surface area (Å²) >= 11 is 5.80. The second-order valence-electron chi connectivity index (χ2n) is 4.93. The lowest BCUT2D eigenvalue weighted by Gasteiger charge is -2.13. The fourth-order valence-corrected chi connectivity index (χ4v) is 2.22. The molecular formula is C16H16ClFO. The first-order valence-corrected chi connectivity index (χ1v) is 6.59. The van der Waals surface area contributed by atoms with Crippen molar-refractivity contribution in [3.63, 3.8) is 0 Å². The van der Waals surface area contributed by atoms with Crippen molar-refractivity contribution in [2.75, 3.05) is 0 Å². The minimum Gasteiger partial charge on any atom is -0.384 e. The van der Waals surface area contributed by atoms with Gasteiger partial charge < -0.3 is 5.11 Å². The van der Waals surface area contributed by atoms with Gasteiger partial charge in [-0.2, -0.15) is 0 Å². The van der Waals surface area contributed by atoms with Crippen LogP contribution in [0.3, 0.4) is 0 Å². The number of hydrogen-bond donors (Lipinski definition) is 1. The summed E-state index contributed by atoms with van der Waals surface area (Å²) < 4.78 is 13.3. The van der Waals surface area contributed by atoms with Crippen LogP contribution in [0.5, 0.6) is 0 Å². The lowest BCUT2D eigenvalue weighted by molar-refractivity contribution is 0.220. The highest BCUT2D eigenvalue weighted by Crippen LogP contribution is 2.26. The molecule has 19 heavy (non-hydrogen) atoms. The maximum atomic E-state index is 13.3. The SMILES string of the molecule is CC(C)c1ccc(C(O)c2cc(F)cc(Cl)c2)cc1. The zero-order valence-electron chi connectivity index (χ0n) is 10.9. The third-order valence-electron chi connectivity index (χ3n) is 3.12. The molecule has 0 aromatic heterocycles. The topological polar surface area (TPSA) is 20.2 Å². The summed E-state index contributed by atoms with van der Waals surface area (Å²) in [5.41, 5.74) is 2.39. The molecular weight excluding hydrogens is 263 g/mol. The van der Waals surface area contributed by atoms with Gasteiger partial charge in [0, 0.05) is 5.02 Å². The Labute approximate surface area is 117 Å². The predicted octanol–water partition coefficient (Wildman–Crippen LogP) is 4.68. The van der Waals surface area contributed by atoms with Gasteiger partial charge in [-0.15, -0.1) is 0 Å². The predicted molar refractivity (Wildman–Crippen MR) is 76.0 cm³/mol. The van der Waals surface area contributed by atoms with E-state index in [1.54, 1.807) is 6.07 Å². The van der Waals surface area contributed by atoms with Crippen LogP contribution in [0, 0.1) is 5.82 Å². The van der Waals surface area contributed by atoms with E-state index in [1.165, 1.54) is 17.7 Å². The summed E-state index contributed by atoms with van der Waals surface area (Å²) in [7, 11) is 0. The summed E-state index contributed by atoms with van der Waals surface area (Å²) in [6.07, 6.45) is -0.866. The van der Waals surface area contributed by atoms with E-state index in [9.17, 15) is 9.50 Å². The number of halogens is 2. The molecule has 0 bridgehead atoms. The highest BCUT2D eigenvalue weighted by atomic mass is 35.5. The highest BCUT2D eigenvalue weighted by Gasteiger charge is 2.12. The highest BCUT2D eigenvalue weighted by molar-refractivity contribution is 6.30. The first-order chi connectivity index (χ1) is 8.97. The van der Waals surface area contributed by atoms with E-state index in [0.717, 1.165) is 5.56 Å². The van der Waals surface area contributed by atoms with Crippen LogP contribution in [0.15, 0.2) is 42.5 Å². The average Bonchev–Trinajstić information content (AvgIpc) is 2.37. The van der Waals surface area contributed by atoms with Crippen molar-refractivity contribution >= 4 is 11.6 Å². The molecule has 100 valence electrons. The van der Waals surface area contributed by atoms with Crippen molar-refractivity contribution in [1.29, 1.82) is 0 Å². The first-order valence-electron chi connectivity index (χ1n) is 6.21. The first kappa shape index (κ1) is 14.0. The molecule has 2 rings (SSSR count). The molecule has 2 aromatic rings. The van der Waals surface area contributed by atoms with E-state index >= 15 is 0 Å². The monoisotopic (exact) mass is 278 g/mol. The maximum absolute atomic E-state index is 13.3. The molecule has 1 unspecified atom stereocenters. The quantitative estimate of drug-likeness (QED) is 0.864.